The van der Waals surface area contributed by atoms with Gasteiger partial charge in [-0.1, -0.05) is 68.4 Å². The largest absolute Gasteiger partial charge is 0.497 e. The summed E-state index contributed by atoms with van der Waals surface area (Å²) in [6, 6.07) is 5.57. The maximum Gasteiger partial charge on any atom is 0.408 e. The number of methoxy groups -OCH3 is 3. The number of benzene rings is 1. The number of allylic oxidation sites excluding steroid dienone is 1. The number of fused-ring (bicyclic) bond motifs is 1. The van der Waals surface area contributed by atoms with E-state index in [1.54, 1.807) is 39.0 Å². The predicted octanol–water partition coefficient (Wildman–Crippen LogP) is 6.80. The molecule has 1 atom stereocenters. The Balaban J connectivity index is -0.000000359. The molecule has 1 saturated heterocycles. The normalized spacial score (nSPS) is 12.0. The first-order chi connectivity index (χ1) is 25.2. The Hall–Kier alpha value is -4.88. The van der Waals surface area contributed by atoms with E-state index < -0.39 is 35.6 Å². The summed E-state index contributed by atoms with van der Waals surface area (Å²) in [5.74, 6) is -1.33. The Morgan fingerprint density at radius 3 is 1.94 bits per heavy atom. The third-order valence-corrected chi connectivity index (χ3v) is 6.02. The maximum absolute atomic E-state index is 12.2. The van der Waals surface area contributed by atoms with Gasteiger partial charge < -0.3 is 39.5 Å². The molecular formula is C39H68N4O10. The Morgan fingerprint density at radius 2 is 1.47 bits per heavy atom. The standard InChI is InChI=1S/C15H25N3O6.C12H11NO4.C4H8.4C2H6/c1-15(2,3)24-14(22)17-8-11(19)18-7-5-6-10(18)13(21)16-9-12(20)23-4;1-16-7-3-4-8-9(5-7)13-10(6-11(8)14)12(15)17-2;1-3-4-2;4*1-2/h10H,5-9H2,1-4H3,(H,16,21)(H,17,22);3-6H,1-2H3,(H,13,14);3H,1,4H2,2H3;4*1-2H3. The highest BCUT2D eigenvalue weighted by molar-refractivity contribution is 5.92. The predicted molar refractivity (Wildman–Crippen MR) is 212 cm³/mol. The lowest BCUT2D eigenvalue weighted by atomic mass is 10.2. The molecule has 0 spiro atoms. The fourth-order valence-electron chi connectivity index (χ4n) is 3.83. The molecule has 14 heteroatoms. The third-order valence-electron chi connectivity index (χ3n) is 6.02. The van der Waals surface area contributed by atoms with Gasteiger partial charge in [0.25, 0.3) is 0 Å². The van der Waals surface area contributed by atoms with Gasteiger partial charge in [0.2, 0.25) is 11.8 Å². The van der Waals surface area contributed by atoms with Crippen LogP contribution in [0.3, 0.4) is 0 Å². The number of hydrogen-bond donors (Lipinski definition) is 3. The summed E-state index contributed by atoms with van der Waals surface area (Å²) < 4.78 is 19.1. The van der Waals surface area contributed by atoms with Crippen LogP contribution in [0.1, 0.15) is 113 Å². The molecule has 1 aliphatic rings. The van der Waals surface area contributed by atoms with Gasteiger partial charge in [0.15, 0.2) is 5.43 Å². The van der Waals surface area contributed by atoms with E-state index in [0.29, 0.717) is 36.0 Å². The van der Waals surface area contributed by atoms with E-state index in [1.807, 2.05) is 61.5 Å². The summed E-state index contributed by atoms with van der Waals surface area (Å²) in [5.41, 5.74) is -0.228. The lowest BCUT2D eigenvalue weighted by Crippen LogP contribution is -2.50. The molecule has 3 N–H and O–H groups in total. The summed E-state index contributed by atoms with van der Waals surface area (Å²) in [4.78, 5) is 74.2. The zero-order valence-electron chi connectivity index (χ0n) is 34.9. The number of esters is 2. The molecule has 3 rings (SSSR count). The van der Waals surface area contributed by atoms with Crippen molar-refractivity contribution in [1.29, 1.82) is 0 Å². The number of rotatable bonds is 8. The quantitative estimate of drug-likeness (QED) is 0.147. The second-order valence-electron chi connectivity index (χ2n) is 10.5. The van der Waals surface area contributed by atoms with Crippen molar-refractivity contribution in [3.05, 3.63) is 52.8 Å². The summed E-state index contributed by atoms with van der Waals surface area (Å²) >= 11 is 0. The zero-order valence-corrected chi connectivity index (χ0v) is 34.9. The molecule has 1 unspecified atom stereocenters. The van der Waals surface area contributed by atoms with E-state index in [4.69, 9.17) is 9.47 Å². The molecule has 1 aromatic carbocycles. The van der Waals surface area contributed by atoms with Crippen LogP contribution in [0.25, 0.3) is 10.9 Å². The SMILES string of the molecule is C=CCC.CC.CC.CC.CC.COC(=O)CNC(=O)C1CCCN1C(=O)CNC(=O)OC(C)(C)C.COC(=O)c1cc(=O)c2ccc(OC)cc2[nH]1. The molecule has 3 amide bonds. The number of nitrogens with one attached hydrogen (secondary N) is 3. The van der Waals surface area contributed by atoms with E-state index in [2.05, 4.69) is 38.6 Å². The molecule has 14 nitrogen and oxygen atoms in total. The number of H-pyrrole nitrogens is 1. The van der Waals surface area contributed by atoms with Gasteiger partial charge in [0, 0.05) is 24.1 Å². The van der Waals surface area contributed by atoms with E-state index in [9.17, 15) is 28.8 Å². The minimum atomic E-state index is -0.693. The van der Waals surface area contributed by atoms with Crippen LogP contribution in [0.15, 0.2) is 41.7 Å². The van der Waals surface area contributed by atoms with E-state index >= 15 is 0 Å². The van der Waals surface area contributed by atoms with E-state index in [-0.39, 0.29) is 30.1 Å². The van der Waals surface area contributed by atoms with Gasteiger partial charge in [0.1, 0.15) is 36.2 Å². The van der Waals surface area contributed by atoms with Crippen LogP contribution in [0.2, 0.25) is 0 Å². The number of ether oxygens (including phenoxy) is 4. The Morgan fingerprint density at radius 1 is 0.906 bits per heavy atom. The van der Waals surface area contributed by atoms with Crippen LogP contribution in [0, 0.1) is 0 Å². The first-order valence-electron chi connectivity index (χ1n) is 18.2. The average molecular weight is 753 g/mol. The number of amides is 3. The average Bonchev–Trinajstić information content (AvgIpc) is 3.68. The highest BCUT2D eigenvalue weighted by atomic mass is 16.6. The number of carbonyl (C=O) groups is 5. The Kier molecular flexibility index (Phi) is 34.2. The smallest absolute Gasteiger partial charge is 0.408 e. The number of likely N-dealkylation sites (tertiary alicyclic amines) is 1. The molecule has 2 aromatic rings. The highest BCUT2D eigenvalue weighted by Crippen LogP contribution is 2.18. The lowest BCUT2D eigenvalue weighted by Gasteiger charge is -2.24. The molecule has 1 aliphatic heterocycles. The van der Waals surface area contributed by atoms with Gasteiger partial charge in [-0.05, 0) is 52.2 Å². The fraction of sp³-hybridized carbons (Fsp3) is 0.590. The molecule has 53 heavy (non-hydrogen) atoms. The van der Waals surface area contributed by atoms with Crippen molar-refractivity contribution in [3.63, 3.8) is 0 Å². The van der Waals surface area contributed by atoms with Crippen molar-refractivity contribution in [2.75, 3.05) is 41.0 Å². The van der Waals surface area contributed by atoms with Gasteiger partial charge in [0.05, 0.1) is 26.8 Å². The van der Waals surface area contributed by atoms with Crippen LogP contribution >= 0.6 is 0 Å². The number of alkyl carbamates (subject to hydrolysis) is 1. The molecule has 0 radical (unpaired) electrons. The molecule has 1 fully saturated rings. The zero-order chi connectivity index (χ0) is 42.2. The monoisotopic (exact) mass is 752 g/mol. The summed E-state index contributed by atoms with van der Waals surface area (Å²) in [5, 5.41) is 5.31. The summed E-state index contributed by atoms with van der Waals surface area (Å²) in [6.45, 7) is 26.6. The highest BCUT2D eigenvalue weighted by Gasteiger charge is 2.34. The van der Waals surface area contributed by atoms with Crippen molar-refractivity contribution in [2.45, 2.75) is 114 Å². The Labute approximate surface area is 317 Å². The molecule has 0 aliphatic carbocycles. The second-order valence-corrected chi connectivity index (χ2v) is 10.5. The maximum atomic E-state index is 12.2. The van der Waals surface area contributed by atoms with E-state index in [1.165, 1.54) is 32.3 Å². The molecule has 304 valence electrons. The van der Waals surface area contributed by atoms with Crippen molar-refractivity contribution in [1.82, 2.24) is 20.5 Å². The minimum absolute atomic E-state index is 0.123. The van der Waals surface area contributed by atoms with Crippen molar-refractivity contribution in [3.8, 4) is 5.75 Å². The number of nitrogens with zero attached hydrogens (tertiary/aromatic N) is 1. The van der Waals surface area contributed by atoms with Gasteiger partial charge >= 0.3 is 18.0 Å². The molecule has 2 heterocycles. The number of pyridine rings is 1. The minimum Gasteiger partial charge on any atom is -0.497 e. The molecule has 0 saturated carbocycles. The van der Waals surface area contributed by atoms with Crippen LogP contribution < -0.4 is 20.8 Å². The fourth-order valence-corrected chi connectivity index (χ4v) is 3.83. The van der Waals surface area contributed by atoms with Gasteiger partial charge in [-0.2, -0.15) is 0 Å². The molecule has 1 aromatic heterocycles. The molecular weight excluding hydrogens is 684 g/mol. The third kappa shape index (κ3) is 23.3. The topological polar surface area (TPSA) is 182 Å². The van der Waals surface area contributed by atoms with Crippen LogP contribution in [-0.2, 0) is 28.6 Å². The first-order valence-corrected chi connectivity index (χ1v) is 18.2. The number of aromatic nitrogens is 1. The van der Waals surface area contributed by atoms with Gasteiger partial charge in [-0.25, -0.2) is 9.59 Å². The van der Waals surface area contributed by atoms with Gasteiger partial charge in [-0.15, -0.1) is 6.58 Å². The van der Waals surface area contributed by atoms with Crippen LogP contribution in [0.5, 0.6) is 5.75 Å². The summed E-state index contributed by atoms with van der Waals surface area (Å²) in [7, 11) is 4.02. The number of carbonyl (C=O) groups excluding carboxylic acids is 5. The van der Waals surface area contributed by atoms with Crippen LogP contribution in [0.4, 0.5) is 4.79 Å². The van der Waals surface area contributed by atoms with Crippen LogP contribution in [-0.4, -0.2) is 92.3 Å². The summed E-state index contributed by atoms with van der Waals surface area (Å²) in [6.07, 6.45) is 3.45. The van der Waals surface area contributed by atoms with Gasteiger partial charge in [-0.3, -0.25) is 19.2 Å². The van der Waals surface area contributed by atoms with Crippen molar-refractivity contribution < 1.29 is 42.9 Å². The lowest BCUT2D eigenvalue weighted by molar-refractivity contribution is -0.142. The number of hydrogen-bond acceptors (Lipinski definition) is 10. The second kappa shape index (κ2) is 33.0. The van der Waals surface area contributed by atoms with Crippen molar-refractivity contribution >= 4 is 40.7 Å². The Bertz CT molecular complexity index is 1400. The first kappa shape index (κ1) is 54.9. The van der Waals surface area contributed by atoms with E-state index in [0.717, 1.165) is 6.42 Å². The number of aromatic amines is 1. The van der Waals surface area contributed by atoms with Crippen molar-refractivity contribution in [2.24, 2.45) is 0 Å². The molecule has 0 bridgehead atoms.